The molecule has 0 aromatic heterocycles. The lowest BCUT2D eigenvalue weighted by molar-refractivity contribution is 0.418. The second-order valence-electron chi connectivity index (χ2n) is 1.88. The van der Waals surface area contributed by atoms with E-state index in [1.54, 1.807) is 0 Å². The molecule has 0 saturated heterocycles. The topological polar surface area (TPSA) is 9.23 Å². The Bertz CT molecular complexity index is 197. The monoisotopic (exact) mass is 312 g/mol. The van der Waals surface area contributed by atoms with Gasteiger partial charge >= 0.3 is 0 Å². The standard InChI is InChI=1S/C7H6BrIO/c8-7-3-1-6(2-4-7)5-10-9/h1-4H,5H2. The first-order chi connectivity index (χ1) is 4.83. The number of hydrogen-bond acceptors (Lipinski definition) is 1. The minimum absolute atomic E-state index is 0.674. The van der Waals surface area contributed by atoms with Crippen LogP contribution in [-0.2, 0) is 9.67 Å². The highest BCUT2D eigenvalue weighted by Gasteiger charge is 1.89. The SMILES string of the molecule is Brc1ccc(COI)cc1. The first kappa shape index (κ1) is 8.49. The molecule has 0 aliphatic carbocycles. The molecule has 0 saturated carbocycles. The molecule has 0 bridgehead atoms. The molecule has 0 spiro atoms. The molecular formula is C7H6BrIO. The maximum atomic E-state index is 4.92. The Labute approximate surface area is 82.6 Å². The Hall–Kier alpha value is 0.390. The number of hydrogen-bond donors (Lipinski definition) is 0. The van der Waals surface area contributed by atoms with E-state index in [9.17, 15) is 0 Å². The number of rotatable bonds is 2. The van der Waals surface area contributed by atoms with E-state index >= 15 is 0 Å². The van der Waals surface area contributed by atoms with Gasteiger partial charge in [-0.1, -0.05) is 28.1 Å². The summed E-state index contributed by atoms with van der Waals surface area (Å²) in [5, 5.41) is 0. The summed E-state index contributed by atoms with van der Waals surface area (Å²) >= 11 is 5.24. The van der Waals surface area contributed by atoms with Crippen molar-refractivity contribution >= 4 is 38.9 Å². The summed E-state index contributed by atoms with van der Waals surface area (Å²) in [6, 6.07) is 8.07. The molecule has 1 aromatic rings. The van der Waals surface area contributed by atoms with Crippen LogP contribution in [0.3, 0.4) is 0 Å². The molecule has 0 amide bonds. The smallest absolute Gasteiger partial charge is 0.110 e. The van der Waals surface area contributed by atoms with E-state index in [0.717, 1.165) is 4.47 Å². The lowest BCUT2D eigenvalue weighted by Crippen LogP contribution is -1.81. The fraction of sp³-hybridized carbons (Fsp3) is 0.143. The predicted molar refractivity (Wildman–Crippen MR) is 53.0 cm³/mol. The van der Waals surface area contributed by atoms with Crippen LogP contribution in [0.25, 0.3) is 0 Å². The Morgan fingerprint density at radius 2 is 1.90 bits per heavy atom. The first-order valence-electron chi connectivity index (χ1n) is 2.81. The van der Waals surface area contributed by atoms with Crippen LogP contribution in [0.1, 0.15) is 5.56 Å². The highest BCUT2D eigenvalue weighted by molar-refractivity contribution is 14.1. The van der Waals surface area contributed by atoms with Gasteiger partial charge < -0.3 is 3.07 Å². The van der Waals surface area contributed by atoms with Gasteiger partial charge in [-0.05, 0) is 17.7 Å². The summed E-state index contributed by atoms with van der Waals surface area (Å²) in [7, 11) is 0. The van der Waals surface area contributed by atoms with Crippen LogP contribution < -0.4 is 0 Å². The molecule has 0 heterocycles. The van der Waals surface area contributed by atoms with E-state index in [4.69, 9.17) is 3.07 Å². The van der Waals surface area contributed by atoms with Crippen LogP contribution in [0.15, 0.2) is 28.7 Å². The van der Waals surface area contributed by atoms with Gasteiger partial charge in [-0.3, -0.25) is 0 Å². The van der Waals surface area contributed by atoms with Gasteiger partial charge in [0.25, 0.3) is 0 Å². The Balaban J connectivity index is 2.69. The summed E-state index contributed by atoms with van der Waals surface area (Å²) in [5.41, 5.74) is 1.19. The average Bonchev–Trinajstić information content (AvgIpc) is 1.95. The van der Waals surface area contributed by atoms with Gasteiger partial charge in [0, 0.05) is 4.47 Å². The molecule has 1 rings (SSSR count). The second-order valence-corrected chi connectivity index (χ2v) is 3.42. The van der Waals surface area contributed by atoms with Crippen molar-refractivity contribution in [3.05, 3.63) is 34.3 Å². The van der Waals surface area contributed by atoms with Crippen LogP contribution in [0.2, 0.25) is 0 Å². The minimum Gasteiger partial charge on any atom is -0.311 e. The molecule has 0 N–H and O–H groups in total. The van der Waals surface area contributed by atoms with Crippen molar-refractivity contribution in [1.82, 2.24) is 0 Å². The highest BCUT2D eigenvalue weighted by Crippen LogP contribution is 2.11. The van der Waals surface area contributed by atoms with Crippen molar-refractivity contribution in [2.45, 2.75) is 6.61 Å². The third-order valence-corrected chi connectivity index (χ3v) is 1.97. The van der Waals surface area contributed by atoms with E-state index in [1.165, 1.54) is 5.56 Å². The predicted octanol–water partition coefficient (Wildman–Crippen LogP) is 3.32. The van der Waals surface area contributed by atoms with Gasteiger partial charge in [0.15, 0.2) is 0 Å². The molecule has 1 nitrogen and oxygen atoms in total. The third kappa shape index (κ3) is 2.56. The Kier molecular flexibility index (Phi) is 3.65. The maximum absolute atomic E-state index is 4.92. The molecule has 0 atom stereocenters. The lowest BCUT2D eigenvalue weighted by Gasteiger charge is -1.96. The zero-order chi connectivity index (χ0) is 7.40. The molecule has 0 unspecified atom stereocenters. The molecule has 1 aromatic carbocycles. The van der Waals surface area contributed by atoms with E-state index in [-0.39, 0.29) is 0 Å². The van der Waals surface area contributed by atoms with Gasteiger partial charge in [0.1, 0.15) is 23.0 Å². The molecule has 54 valence electrons. The molecule has 10 heavy (non-hydrogen) atoms. The van der Waals surface area contributed by atoms with E-state index in [0.29, 0.717) is 6.61 Å². The second kappa shape index (κ2) is 4.31. The number of halogens is 2. The summed E-state index contributed by atoms with van der Waals surface area (Å²) in [6.45, 7) is 0.674. The first-order valence-corrected chi connectivity index (χ1v) is 4.48. The van der Waals surface area contributed by atoms with Gasteiger partial charge in [0.05, 0.1) is 6.61 Å². The van der Waals surface area contributed by atoms with Crippen LogP contribution in [0.4, 0.5) is 0 Å². The van der Waals surface area contributed by atoms with E-state index in [2.05, 4.69) is 15.9 Å². The van der Waals surface area contributed by atoms with E-state index in [1.807, 2.05) is 47.3 Å². The lowest BCUT2D eigenvalue weighted by atomic mass is 10.2. The summed E-state index contributed by atoms with van der Waals surface area (Å²) in [5.74, 6) is 0. The van der Waals surface area contributed by atoms with Crippen molar-refractivity contribution in [1.29, 1.82) is 0 Å². The van der Waals surface area contributed by atoms with Gasteiger partial charge in [-0.2, -0.15) is 0 Å². The van der Waals surface area contributed by atoms with Crippen LogP contribution >= 0.6 is 38.9 Å². The normalized spacial score (nSPS) is 9.80. The summed E-state index contributed by atoms with van der Waals surface area (Å²) in [6.07, 6.45) is 0. The van der Waals surface area contributed by atoms with E-state index < -0.39 is 0 Å². The van der Waals surface area contributed by atoms with Crippen LogP contribution in [0.5, 0.6) is 0 Å². The fourth-order valence-corrected chi connectivity index (χ4v) is 1.27. The maximum Gasteiger partial charge on any atom is 0.110 e. The van der Waals surface area contributed by atoms with Gasteiger partial charge in [-0.25, -0.2) is 0 Å². The molecule has 0 aliphatic heterocycles. The van der Waals surface area contributed by atoms with Crippen LogP contribution in [0, 0.1) is 0 Å². The third-order valence-electron chi connectivity index (χ3n) is 1.13. The van der Waals surface area contributed by atoms with Crippen LogP contribution in [-0.4, -0.2) is 0 Å². The fourth-order valence-electron chi connectivity index (χ4n) is 0.644. The van der Waals surface area contributed by atoms with Gasteiger partial charge in [0.2, 0.25) is 0 Å². The van der Waals surface area contributed by atoms with Gasteiger partial charge in [-0.15, -0.1) is 0 Å². The zero-order valence-electron chi connectivity index (χ0n) is 5.18. The van der Waals surface area contributed by atoms with Crippen molar-refractivity contribution in [3.8, 4) is 0 Å². The van der Waals surface area contributed by atoms with Crippen molar-refractivity contribution < 1.29 is 3.07 Å². The Morgan fingerprint density at radius 3 is 2.40 bits per heavy atom. The molecular weight excluding hydrogens is 307 g/mol. The van der Waals surface area contributed by atoms with Crippen molar-refractivity contribution in [2.75, 3.05) is 0 Å². The summed E-state index contributed by atoms with van der Waals surface area (Å²) in [4.78, 5) is 0. The zero-order valence-corrected chi connectivity index (χ0v) is 8.92. The molecule has 0 fully saturated rings. The molecule has 0 radical (unpaired) electrons. The molecule has 0 aliphatic rings. The van der Waals surface area contributed by atoms with Crippen molar-refractivity contribution in [2.24, 2.45) is 0 Å². The minimum atomic E-state index is 0.674. The Morgan fingerprint density at radius 1 is 1.30 bits per heavy atom. The highest BCUT2D eigenvalue weighted by atomic mass is 127. The largest absolute Gasteiger partial charge is 0.311 e. The summed E-state index contributed by atoms with van der Waals surface area (Å²) < 4.78 is 6.02. The number of benzene rings is 1. The molecule has 3 heteroatoms. The quantitative estimate of drug-likeness (QED) is 0.761. The van der Waals surface area contributed by atoms with Crippen molar-refractivity contribution in [3.63, 3.8) is 0 Å². The average molecular weight is 313 g/mol.